The van der Waals surface area contributed by atoms with Crippen molar-refractivity contribution < 1.29 is 0 Å². The van der Waals surface area contributed by atoms with Gasteiger partial charge >= 0.3 is 0 Å². The normalized spacial score (nSPS) is 11.3. The molecular weight excluding hydrogens is 344 g/mol. The van der Waals surface area contributed by atoms with E-state index in [0.29, 0.717) is 0 Å². The maximum absolute atomic E-state index is 2.29. The van der Waals surface area contributed by atoms with Crippen molar-refractivity contribution in [2.75, 3.05) is 0 Å². The molecule has 0 N–H and O–H groups in total. The maximum atomic E-state index is 2.29. The molecule has 0 aliphatic carbocycles. The van der Waals surface area contributed by atoms with Crippen molar-refractivity contribution in [2.45, 2.75) is 5.41 Å². The van der Waals surface area contributed by atoms with Crippen LogP contribution in [-0.4, -0.2) is 31.4 Å². The quantitative estimate of drug-likeness (QED) is 0.324. The van der Waals surface area contributed by atoms with E-state index in [0.717, 1.165) is 0 Å². The largest absolute Gasteiger partial charge is 0.139 e. The molecule has 0 spiro atoms. The van der Waals surface area contributed by atoms with Gasteiger partial charge in [0.15, 0.2) is 0 Å². The van der Waals surface area contributed by atoms with Crippen molar-refractivity contribution >= 4 is 53.2 Å². The van der Waals surface area contributed by atoms with Crippen molar-refractivity contribution in [3.05, 3.63) is 119 Å². The maximum Gasteiger partial charge on any atom is 0.139 e. The van der Waals surface area contributed by atoms with Crippen LogP contribution in [-0.2, 0) is 5.41 Å². The third-order valence-corrected chi connectivity index (χ3v) is 5.94. The number of hydrogen-bond donors (Lipinski definition) is 0. The van der Waals surface area contributed by atoms with Crippen molar-refractivity contribution in [2.24, 2.45) is 0 Å². The van der Waals surface area contributed by atoms with Gasteiger partial charge in [-0.1, -0.05) is 119 Å². The van der Waals surface area contributed by atoms with E-state index in [2.05, 4.69) is 128 Å². The van der Waals surface area contributed by atoms with Gasteiger partial charge in [0.25, 0.3) is 0 Å². The van der Waals surface area contributed by atoms with E-state index >= 15 is 0 Å². The standard InChI is InChI=1S/C25H24B4/c26-21-9-1-17(2-10-21)25(18-3-11-22(27)12-4-18,19-5-13-23(28)14-6-19)20-7-15-24(29)16-8-20/h1-16H,26-29H2. The Kier molecular flexibility index (Phi) is 5.28. The Morgan fingerprint density at radius 1 is 0.310 bits per heavy atom. The Hall–Kier alpha value is -2.86. The van der Waals surface area contributed by atoms with Gasteiger partial charge < -0.3 is 0 Å². The summed E-state index contributed by atoms with van der Waals surface area (Å²) in [5, 5.41) is 0. The lowest BCUT2D eigenvalue weighted by Crippen LogP contribution is -2.32. The minimum Gasteiger partial charge on any atom is -0.0889 e. The Balaban J connectivity index is 2.11. The fraction of sp³-hybridized carbons (Fsp3) is 0.0400. The summed E-state index contributed by atoms with van der Waals surface area (Å²) in [6, 6.07) is 36.1. The molecule has 4 heteroatoms. The molecule has 0 saturated carbocycles. The van der Waals surface area contributed by atoms with Crippen molar-refractivity contribution in [3.63, 3.8) is 0 Å². The highest BCUT2D eigenvalue weighted by Crippen LogP contribution is 2.44. The van der Waals surface area contributed by atoms with Crippen LogP contribution in [0.1, 0.15) is 22.3 Å². The average Bonchev–Trinajstić information content (AvgIpc) is 2.73. The predicted molar refractivity (Wildman–Crippen MR) is 137 cm³/mol. The van der Waals surface area contributed by atoms with Crippen LogP contribution in [0.2, 0.25) is 0 Å². The van der Waals surface area contributed by atoms with E-state index in [1.165, 1.54) is 44.1 Å². The molecule has 0 aliphatic heterocycles. The lowest BCUT2D eigenvalue weighted by atomic mass is 9.64. The first-order chi connectivity index (χ1) is 14.0. The van der Waals surface area contributed by atoms with Gasteiger partial charge in [-0.15, -0.1) is 0 Å². The third kappa shape index (κ3) is 3.60. The molecule has 0 heterocycles. The first-order valence-electron chi connectivity index (χ1n) is 10.3. The molecule has 0 fully saturated rings. The van der Waals surface area contributed by atoms with Crippen LogP contribution in [0.3, 0.4) is 0 Å². The van der Waals surface area contributed by atoms with Gasteiger partial charge in [0.2, 0.25) is 0 Å². The second-order valence-electron chi connectivity index (χ2n) is 8.21. The van der Waals surface area contributed by atoms with E-state index in [1.807, 2.05) is 0 Å². The lowest BCUT2D eigenvalue weighted by Gasteiger charge is -2.37. The van der Waals surface area contributed by atoms with Crippen LogP contribution < -0.4 is 21.9 Å². The average molecular weight is 368 g/mol. The number of benzene rings is 4. The topological polar surface area (TPSA) is 0 Å². The Bertz CT molecular complexity index is 910. The van der Waals surface area contributed by atoms with Crippen molar-refractivity contribution in [3.8, 4) is 0 Å². The summed E-state index contributed by atoms with van der Waals surface area (Å²) in [6.45, 7) is 0. The molecule has 0 amide bonds. The summed E-state index contributed by atoms with van der Waals surface area (Å²) in [4.78, 5) is 0. The molecule has 0 atom stereocenters. The van der Waals surface area contributed by atoms with Crippen molar-refractivity contribution in [1.82, 2.24) is 0 Å². The van der Waals surface area contributed by atoms with Gasteiger partial charge in [0, 0.05) is 0 Å². The van der Waals surface area contributed by atoms with Crippen LogP contribution >= 0.6 is 0 Å². The SMILES string of the molecule is Bc1ccc(C(c2ccc(B)cc2)(c2ccc(B)cc2)c2ccc(B)cc2)cc1. The molecule has 0 nitrogen and oxygen atoms in total. The van der Waals surface area contributed by atoms with Gasteiger partial charge in [-0.05, 0) is 22.3 Å². The van der Waals surface area contributed by atoms with Gasteiger partial charge in [0.05, 0.1) is 5.41 Å². The van der Waals surface area contributed by atoms with Crippen LogP contribution in [0.5, 0.6) is 0 Å². The van der Waals surface area contributed by atoms with Gasteiger partial charge in [-0.25, -0.2) is 0 Å². The van der Waals surface area contributed by atoms with E-state index < -0.39 is 0 Å². The van der Waals surface area contributed by atoms with Gasteiger partial charge in [-0.3, -0.25) is 0 Å². The van der Waals surface area contributed by atoms with E-state index in [9.17, 15) is 0 Å². The highest BCUT2D eigenvalue weighted by molar-refractivity contribution is 6.33. The summed E-state index contributed by atoms with van der Waals surface area (Å²) < 4.78 is 0. The highest BCUT2D eigenvalue weighted by atomic mass is 14.4. The second kappa shape index (κ2) is 7.87. The number of hydrogen-bond acceptors (Lipinski definition) is 0. The van der Waals surface area contributed by atoms with Crippen LogP contribution in [0.25, 0.3) is 0 Å². The Labute approximate surface area is 178 Å². The van der Waals surface area contributed by atoms with Crippen LogP contribution in [0.4, 0.5) is 0 Å². The van der Waals surface area contributed by atoms with E-state index in [4.69, 9.17) is 0 Å². The van der Waals surface area contributed by atoms with E-state index in [-0.39, 0.29) is 5.41 Å². The summed E-state index contributed by atoms with van der Waals surface area (Å²) in [7, 11) is 8.59. The Morgan fingerprint density at radius 2 is 0.483 bits per heavy atom. The first kappa shape index (κ1) is 19.5. The zero-order valence-electron chi connectivity index (χ0n) is 17.7. The molecule has 0 aliphatic rings. The molecule has 0 saturated heterocycles. The third-order valence-electron chi connectivity index (χ3n) is 5.94. The fourth-order valence-electron chi connectivity index (χ4n) is 4.21. The molecule has 4 aromatic rings. The highest BCUT2D eigenvalue weighted by Gasteiger charge is 2.38. The zero-order chi connectivity index (χ0) is 20.4. The van der Waals surface area contributed by atoms with Gasteiger partial charge in [0.1, 0.15) is 31.4 Å². The van der Waals surface area contributed by atoms with Crippen LogP contribution in [0, 0.1) is 0 Å². The van der Waals surface area contributed by atoms with Crippen LogP contribution in [0.15, 0.2) is 97.1 Å². The molecule has 0 unspecified atom stereocenters. The van der Waals surface area contributed by atoms with E-state index in [1.54, 1.807) is 0 Å². The molecule has 0 aromatic heterocycles. The summed E-state index contributed by atoms with van der Waals surface area (Å²) >= 11 is 0. The summed E-state index contributed by atoms with van der Waals surface area (Å²) in [6.07, 6.45) is 0. The number of rotatable bonds is 4. The first-order valence-corrected chi connectivity index (χ1v) is 10.3. The molecule has 0 bridgehead atoms. The van der Waals surface area contributed by atoms with Gasteiger partial charge in [-0.2, -0.15) is 0 Å². The second-order valence-corrected chi connectivity index (χ2v) is 8.21. The molecular formula is C25H24B4. The molecule has 4 rings (SSSR count). The molecule has 0 radical (unpaired) electrons. The predicted octanol–water partition coefficient (Wildman–Crippen LogP) is -0.897. The minimum absolute atomic E-state index is 0.358. The lowest BCUT2D eigenvalue weighted by molar-refractivity contribution is 0.746. The summed E-state index contributed by atoms with van der Waals surface area (Å²) in [5.74, 6) is 0. The molecule has 136 valence electrons. The minimum atomic E-state index is -0.358. The smallest absolute Gasteiger partial charge is 0.0889 e. The fourth-order valence-corrected chi connectivity index (χ4v) is 4.21. The summed E-state index contributed by atoms with van der Waals surface area (Å²) in [5.41, 5.74) is 9.92. The van der Waals surface area contributed by atoms with Crippen molar-refractivity contribution in [1.29, 1.82) is 0 Å². The molecule has 29 heavy (non-hydrogen) atoms. The monoisotopic (exact) mass is 368 g/mol. The Morgan fingerprint density at radius 3 is 0.655 bits per heavy atom. The zero-order valence-corrected chi connectivity index (χ0v) is 17.7. The molecule has 4 aromatic carbocycles.